The highest BCUT2D eigenvalue weighted by Gasteiger charge is 2.26. The minimum atomic E-state index is -3.16. The Bertz CT molecular complexity index is 385. The molecular weight excluding hydrogens is 273 g/mol. The second-order valence-corrected chi connectivity index (χ2v) is 5.74. The molecule has 1 aromatic rings. The molecule has 104 valence electrons. The van der Waals surface area contributed by atoms with Crippen LogP contribution in [0, 0.1) is 0 Å². The lowest BCUT2D eigenvalue weighted by molar-refractivity contribution is 0.230. The molecule has 0 aliphatic rings. The van der Waals surface area contributed by atoms with Gasteiger partial charge in [0.25, 0.3) is 0 Å². The minimum Gasteiger partial charge on any atom is -0.324 e. The largest absolute Gasteiger partial charge is 0.361 e. The Hall–Kier alpha value is -0.380. The average molecular weight is 294 g/mol. The van der Waals surface area contributed by atoms with Crippen molar-refractivity contribution >= 4 is 25.3 Å². The van der Waals surface area contributed by atoms with Gasteiger partial charge in [0.05, 0.1) is 18.5 Å². The second-order valence-electron chi connectivity index (χ2n) is 3.71. The van der Waals surface area contributed by atoms with Gasteiger partial charge in [-0.2, -0.15) is 0 Å². The van der Waals surface area contributed by atoms with Crippen molar-refractivity contribution in [1.29, 1.82) is 0 Å². The van der Waals surface area contributed by atoms with E-state index in [9.17, 15) is 4.57 Å². The average Bonchev–Trinajstić information content (AvgIpc) is 2.30. The topological polar surface area (TPSA) is 61.5 Å². The van der Waals surface area contributed by atoms with Crippen LogP contribution in [0.1, 0.15) is 32.4 Å². The maximum absolute atomic E-state index is 12.4. The van der Waals surface area contributed by atoms with Crippen LogP contribution >= 0.6 is 20.0 Å². The van der Waals surface area contributed by atoms with Crippen molar-refractivity contribution in [3.63, 3.8) is 0 Å². The zero-order valence-electron chi connectivity index (χ0n) is 11.0. The molecule has 18 heavy (non-hydrogen) atoms. The van der Waals surface area contributed by atoms with Gasteiger partial charge in [0.2, 0.25) is 0 Å². The Balaban J connectivity index is 0.00000289. The molecule has 0 saturated carbocycles. The number of hydrogen-bond acceptors (Lipinski definition) is 4. The van der Waals surface area contributed by atoms with E-state index in [4.69, 9.17) is 14.8 Å². The fraction of sp³-hybridized carbons (Fsp3) is 0.500. The third-order valence-corrected chi connectivity index (χ3v) is 4.46. The van der Waals surface area contributed by atoms with Crippen LogP contribution in [-0.2, 0) is 13.6 Å². The number of nitrogens with two attached hydrogens (primary N) is 1. The highest BCUT2D eigenvalue weighted by atomic mass is 35.5. The molecule has 6 heteroatoms. The van der Waals surface area contributed by atoms with Crippen molar-refractivity contribution in [2.45, 2.75) is 26.8 Å². The molecule has 1 rings (SSSR count). The van der Waals surface area contributed by atoms with Crippen LogP contribution in [-0.4, -0.2) is 13.2 Å². The van der Waals surface area contributed by atoms with Gasteiger partial charge in [-0.25, -0.2) is 0 Å². The van der Waals surface area contributed by atoms with Crippen LogP contribution in [0.25, 0.3) is 0 Å². The summed E-state index contributed by atoms with van der Waals surface area (Å²) in [7, 11) is -3.16. The zero-order chi connectivity index (χ0) is 12.9. The molecule has 0 aliphatic heterocycles. The monoisotopic (exact) mass is 293 g/mol. The summed E-state index contributed by atoms with van der Waals surface area (Å²) in [4.78, 5) is 0. The normalized spacial score (nSPS) is 12.9. The summed E-state index contributed by atoms with van der Waals surface area (Å²) in [6.45, 7) is 6.20. The molecule has 0 bridgehead atoms. The van der Waals surface area contributed by atoms with Gasteiger partial charge in [-0.05, 0) is 38.5 Å². The lowest BCUT2D eigenvalue weighted by atomic mass is 10.1. The van der Waals surface area contributed by atoms with Crippen molar-refractivity contribution < 1.29 is 13.6 Å². The van der Waals surface area contributed by atoms with E-state index in [1.165, 1.54) is 0 Å². The fourth-order valence-electron chi connectivity index (χ4n) is 1.49. The van der Waals surface area contributed by atoms with E-state index < -0.39 is 7.60 Å². The maximum atomic E-state index is 12.4. The van der Waals surface area contributed by atoms with Crippen LogP contribution in [0.4, 0.5) is 0 Å². The summed E-state index contributed by atoms with van der Waals surface area (Å²) in [6.07, 6.45) is 0. The van der Waals surface area contributed by atoms with Crippen LogP contribution in [0.3, 0.4) is 0 Å². The first-order valence-corrected chi connectivity index (χ1v) is 7.33. The third kappa shape index (κ3) is 4.38. The zero-order valence-corrected chi connectivity index (χ0v) is 12.7. The summed E-state index contributed by atoms with van der Waals surface area (Å²) in [5.41, 5.74) is 6.75. The molecule has 2 N–H and O–H groups in total. The SMILES string of the molecule is CCOP(=O)(OCC)c1ccc(C(C)N)cc1.Cl. The first-order valence-electron chi connectivity index (χ1n) is 5.78. The molecule has 1 aromatic carbocycles. The van der Waals surface area contributed by atoms with Crippen molar-refractivity contribution in [1.82, 2.24) is 0 Å². The van der Waals surface area contributed by atoms with E-state index in [0.717, 1.165) is 5.56 Å². The highest BCUT2D eigenvalue weighted by Crippen LogP contribution is 2.46. The van der Waals surface area contributed by atoms with Gasteiger partial charge in [0.1, 0.15) is 0 Å². The molecule has 1 atom stereocenters. The van der Waals surface area contributed by atoms with Crippen molar-refractivity contribution in [3.8, 4) is 0 Å². The molecule has 0 aromatic heterocycles. The molecule has 1 unspecified atom stereocenters. The Kier molecular flexibility index (Phi) is 7.76. The number of hydrogen-bond donors (Lipinski definition) is 1. The first-order chi connectivity index (χ1) is 8.03. The second kappa shape index (κ2) is 7.93. The highest BCUT2D eigenvalue weighted by molar-refractivity contribution is 7.62. The number of rotatable bonds is 6. The molecule has 0 heterocycles. The number of halogens is 1. The van der Waals surface area contributed by atoms with Gasteiger partial charge >= 0.3 is 7.60 Å². The summed E-state index contributed by atoms with van der Waals surface area (Å²) >= 11 is 0. The van der Waals surface area contributed by atoms with Crippen molar-refractivity contribution in [3.05, 3.63) is 29.8 Å². The summed E-state index contributed by atoms with van der Waals surface area (Å²) < 4.78 is 22.9. The van der Waals surface area contributed by atoms with Gasteiger partial charge in [-0.1, -0.05) is 12.1 Å². The quantitative estimate of drug-likeness (QED) is 0.819. The van der Waals surface area contributed by atoms with E-state index in [0.29, 0.717) is 18.5 Å². The van der Waals surface area contributed by atoms with Gasteiger partial charge in [-0.3, -0.25) is 4.57 Å². The summed E-state index contributed by atoms with van der Waals surface area (Å²) in [5, 5.41) is 0.575. The van der Waals surface area contributed by atoms with Gasteiger partial charge in [0, 0.05) is 6.04 Å². The molecule has 0 aliphatic carbocycles. The Morgan fingerprint density at radius 1 is 1.17 bits per heavy atom. The molecule has 0 amide bonds. The smallest absolute Gasteiger partial charge is 0.324 e. The van der Waals surface area contributed by atoms with Gasteiger partial charge < -0.3 is 14.8 Å². The Labute approximate surface area is 115 Å². The van der Waals surface area contributed by atoms with Crippen LogP contribution in [0.5, 0.6) is 0 Å². The molecule has 0 radical (unpaired) electrons. The van der Waals surface area contributed by atoms with Gasteiger partial charge in [-0.15, -0.1) is 12.4 Å². The van der Waals surface area contributed by atoms with E-state index in [1.807, 2.05) is 19.1 Å². The fourth-order valence-corrected chi connectivity index (χ4v) is 3.05. The maximum Gasteiger partial charge on any atom is 0.361 e. The lowest BCUT2D eigenvalue weighted by Gasteiger charge is -2.17. The van der Waals surface area contributed by atoms with E-state index in [2.05, 4.69) is 0 Å². The molecule has 4 nitrogen and oxygen atoms in total. The van der Waals surface area contributed by atoms with Crippen LogP contribution in [0.2, 0.25) is 0 Å². The first kappa shape index (κ1) is 17.6. The third-order valence-electron chi connectivity index (χ3n) is 2.33. The lowest BCUT2D eigenvalue weighted by Crippen LogP contribution is -2.12. The van der Waals surface area contributed by atoms with E-state index in [-0.39, 0.29) is 18.4 Å². The van der Waals surface area contributed by atoms with Gasteiger partial charge in [0.15, 0.2) is 0 Å². The predicted octanol–water partition coefficient (Wildman–Crippen LogP) is 3.02. The van der Waals surface area contributed by atoms with Crippen LogP contribution < -0.4 is 11.0 Å². The standard InChI is InChI=1S/C12H20NO3P.ClH/c1-4-15-17(14,16-5-2)12-8-6-11(7-9-12)10(3)13;/h6-10H,4-5,13H2,1-3H3;1H. The van der Waals surface area contributed by atoms with Crippen molar-refractivity contribution in [2.24, 2.45) is 5.73 Å². The predicted molar refractivity (Wildman–Crippen MR) is 76.8 cm³/mol. The molecule has 0 spiro atoms. The van der Waals surface area contributed by atoms with Crippen molar-refractivity contribution in [2.75, 3.05) is 13.2 Å². The van der Waals surface area contributed by atoms with Crippen LogP contribution in [0.15, 0.2) is 24.3 Å². The molecular formula is C12H21ClNO3P. The Morgan fingerprint density at radius 2 is 1.61 bits per heavy atom. The molecule has 0 saturated heterocycles. The van der Waals surface area contributed by atoms with E-state index in [1.54, 1.807) is 26.0 Å². The summed E-state index contributed by atoms with van der Waals surface area (Å²) in [5.74, 6) is 0. The summed E-state index contributed by atoms with van der Waals surface area (Å²) in [6, 6.07) is 7.17. The van der Waals surface area contributed by atoms with E-state index >= 15 is 0 Å². The minimum absolute atomic E-state index is 0. The Morgan fingerprint density at radius 3 is 1.94 bits per heavy atom. The molecule has 0 fully saturated rings. The number of benzene rings is 1.